The summed E-state index contributed by atoms with van der Waals surface area (Å²) in [6.07, 6.45) is 1.71. The average Bonchev–Trinajstić information content (AvgIpc) is 2.62. The molecule has 3 aromatic rings. The third-order valence-electron chi connectivity index (χ3n) is 3.60. The monoisotopic (exact) mass is 353 g/mol. The molecule has 0 radical (unpaired) electrons. The fraction of sp³-hybridized carbons (Fsp3) is 0. The van der Waals surface area contributed by atoms with Crippen LogP contribution < -0.4 is 0 Å². The Morgan fingerprint density at radius 3 is 2.28 bits per heavy atom. The van der Waals surface area contributed by atoms with Gasteiger partial charge in [0.2, 0.25) is 0 Å². The first-order valence-electron chi connectivity index (χ1n) is 7.42. The molecule has 0 aliphatic heterocycles. The summed E-state index contributed by atoms with van der Waals surface area (Å²) < 4.78 is 0. The Morgan fingerprint density at radius 2 is 1.64 bits per heavy atom. The normalized spacial score (nSPS) is 10.9. The van der Waals surface area contributed by atoms with Gasteiger partial charge in [0.05, 0.1) is 10.6 Å². The van der Waals surface area contributed by atoms with Crippen LogP contribution in [0.2, 0.25) is 5.02 Å². The van der Waals surface area contributed by atoms with E-state index in [1.54, 1.807) is 36.5 Å². The summed E-state index contributed by atoms with van der Waals surface area (Å²) in [7, 11) is 0. The topological polar surface area (TPSA) is 72.9 Å². The fourth-order valence-electron chi connectivity index (χ4n) is 2.29. The van der Waals surface area contributed by atoms with Gasteiger partial charge in [-0.2, -0.15) is 0 Å². The molecular formula is C19H14ClN2O3+. The molecule has 0 atom stereocenters. The van der Waals surface area contributed by atoms with Crippen molar-refractivity contribution >= 4 is 29.2 Å². The lowest BCUT2D eigenvalue weighted by Gasteiger charge is -2.04. The summed E-state index contributed by atoms with van der Waals surface area (Å²) in [4.78, 5) is 15.2. The number of hydrogen-bond donors (Lipinski definition) is 2. The maximum absolute atomic E-state index is 11.0. The molecule has 6 heteroatoms. The van der Waals surface area contributed by atoms with Gasteiger partial charge in [0, 0.05) is 28.9 Å². The number of nitrogens with zero attached hydrogens (tertiary/aromatic N) is 2. The summed E-state index contributed by atoms with van der Waals surface area (Å²) in [5.41, 5.74) is 3.19. The predicted octanol–water partition coefficient (Wildman–Crippen LogP) is 5.26. The van der Waals surface area contributed by atoms with E-state index in [1.165, 1.54) is 12.1 Å². The highest BCUT2D eigenvalue weighted by atomic mass is 35.5. The summed E-state index contributed by atoms with van der Waals surface area (Å²) in [5, 5.41) is 18.8. The molecule has 0 fully saturated rings. The fourth-order valence-corrected chi connectivity index (χ4v) is 2.52. The SMILES string of the molecule is O=[N+](O)c1ccc(Cl)c(-c2ccc(/C=N/c3ccc(O)cc3)cc2)c1. The van der Waals surface area contributed by atoms with Crippen molar-refractivity contribution in [3.8, 4) is 16.9 Å². The number of phenols is 1. The Balaban J connectivity index is 1.84. The number of halogens is 1. The van der Waals surface area contributed by atoms with Gasteiger partial charge in [-0.3, -0.25) is 4.99 Å². The second-order valence-electron chi connectivity index (χ2n) is 5.33. The first-order valence-corrected chi connectivity index (χ1v) is 7.80. The Hall–Kier alpha value is -3.18. The summed E-state index contributed by atoms with van der Waals surface area (Å²) in [6.45, 7) is 0. The van der Waals surface area contributed by atoms with Crippen LogP contribution in [0, 0.1) is 4.91 Å². The van der Waals surface area contributed by atoms with Gasteiger partial charge < -0.3 is 5.11 Å². The number of aliphatic imine (C=N–C) groups is 1. The van der Waals surface area contributed by atoms with Gasteiger partial charge in [-0.1, -0.05) is 35.9 Å². The van der Waals surface area contributed by atoms with Crippen LogP contribution in [-0.4, -0.2) is 21.5 Å². The minimum Gasteiger partial charge on any atom is -0.508 e. The molecule has 3 aromatic carbocycles. The molecule has 2 N–H and O–H groups in total. The highest BCUT2D eigenvalue weighted by molar-refractivity contribution is 6.33. The van der Waals surface area contributed by atoms with E-state index < -0.39 is 0 Å². The summed E-state index contributed by atoms with van der Waals surface area (Å²) >= 11 is 6.18. The van der Waals surface area contributed by atoms with Crippen molar-refractivity contribution in [1.82, 2.24) is 0 Å². The van der Waals surface area contributed by atoms with Crippen molar-refractivity contribution < 1.29 is 15.2 Å². The molecule has 0 aliphatic rings. The zero-order valence-corrected chi connectivity index (χ0v) is 13.8. The minimum atomic E-state index is -0.196. The molecule has 3 rings (SSSR count). The Bertz CT molecular complexity index is 936. The molecule has 0 heterocycles. The zero-order valence-electron chi connectivity index (χ0n) is 13.0. The third kappa shape index (κ3) is 4.02. The van der Waals surface area contributed by atoms with E-state index in [0.717, 1.165) is 16.8 Å². The van der Waals surface area contributed by atoms with Crippen LogP contribution in [-0.2, 0) is 0 Å². The maximum Gasteiger partial charge on any atom is 0.317 e. The number of hydrogen-bond acceptors (Lipinski definition) is 3. The molecular weight excluding hydrogens is 340 g/mol. The van der Waals surface area contributed by atoms with E-state index in [2.05, 4.69) is 4.99 Å². The van der Waals surface area contributed by atoms with Gasteiger partial charge >= 0.3 is 5.69 Å². The van der Waals surface area contributed by atoms with Crippen LogP contribution in [0.25, 0.3) is 11.1 Å². The molecule has 0 bridgehead atoms. The van der Waals surface area contributed by atoms with Gasteiger partial charge in [0.1, 0.15) is 5.75 Å². The molecule has 0 spiro atoms. The predicted molar refractivity (Wildman–Crippen MR) is 97.3 cm³/mol. The number of benzene rings is 3. The molecule has 0 saturated heterocycles. The Kier molecular flexibility index (Phi) is 4.77. The van der Waals surface area contributed by atoms with Crippen LogP contribution >= 0.6 is 11.6 Å². The van der Waals surface area contributed by atoms with Crippen LogP contribution in [0.1, 0.15) is 5.56 Å². The lowest BCUT2D eigenvalue weighted by molar-refractivity contribution is -0.729. The number of phenolic OH excluding ortho intramolecular Hbond substituents is 1. The van der Waals surface area contributed by atoms with Crippen LogP contribution in [0.4, 0.5) is 11.4 Å². The average molecular weight is 354 g/mol. The third-order valence-corrected chi connectivity index (χ3v) is 3.93. The van der Waals surface area contributed by atoms with E-state index >= 15 is 0 Å². The first-order chi connectivity index (χ1) is 12.0. The van der Waals surface area contributed by atoms with Crippen LogP contribution in [0.15, 0.2) is 71.7 Å². The van der Waals surface area contributed by atoms with E-state index in [1.807, 2.05) is 24.3 Å². The molecule has 25 heavy (non-hydrogen) atoms. The molecule has 0 amide bonds. The Morgan fingerprint density at radius 1 is 0.960 bits per heavy atom. The second kappa shape index (κ2) is 7.15. The molecule has 5 nitrogen and oxygen atoms in total. The Labute approximate surface area is 149 Å². The summed E-state index contributed by atoms with van der Waals surface area (Å²) in [5.74, 6) is 0.196. The van der Waals surface area contributed by atoms with Gasteiger partial charge in [-0.25, -0.2) is 5.21 Å². The van der Waals surface area contributed by atoms with Crippen molar-refractivity contribution in [2.24, 2.45) is 4.99 Å². The first kappa shape index (κ1) is 16.7. The van der Waals surface area contributed by atoms with E-state index in [0.29, 0.717) is 10.6 Å². The largest absolute Gasteiger partial charge is 0.508 e. The summed E-state index contributed by atoms with van der Waals surface area (Å²) in [6, 6.07) is 18.6. The van der Waals surface area contributed by atoms with Gasteiger partial charge in [-0.05, 0) is 41.5 Å². The molecule has 0 aliphatic carbocycles. The highest BCUT2D eigenvalue weighted by Gasteiger charge is 2.15. The second-order valence-corrected chi connectivity index (χ2v) is 5.74. The van der Waals surface area contributed by atoms with Crippen molar-refractivity contribution in [2.45, 2.75) is 0 Å². The number of aromatic hydroxyl groups is 1. The quantitative estimate of drug-likeness (QED) is 0.496. The maximum atomic E-state index is 11.0. The van der Waals surface area contributed by atoms with Gasteiger partial charge in [-0.15, -0.1) is 0 Å². The lowest BCUT2D eigenvalue weighted by atomic mass is 10.0. The molecule has 0 unspecified atom stereocenters. The lowest BCUT2D eigenvalue weighted by Crippen LogP contribution is -1.92. The van der Waals surface area contributed by atoms with Crippen LogP contribution in [0.3, 0.4) is 0 Å². The van der Waals surface area contributed by atoms with E-state index in [4.69, 9.17) is 16.8 Å². The van der Waals surface area contributed by atoms with E-state index in [9.17, 15) is 10.0 Å². The van der Waals surface area contributed by atoms with Gasteiger partial charge in [0.15, 0.2) is 0 Å². The van der Waals surface area contributed by atoms with Crippen molar-refractivity contribution in [2.75, 3.05) is 0 Å². The van der Waals surface area contributed by atoms with Crippen molar-refractivity contribution in [3.05, 3.63) is 82.2 Å². The smallest absolute Gasteiger partial charge is 0.317 e. The van der Waals surface area contributed by atoms with E-state index in [-0.39, 0.29) is 16.4 Å². The highest BCUT2D eigenvalue weighted by Crippen LogP contribution is 2.31. The molecule has 0 saturated carbocycles. The van der Waals surface area contributed by atoms with Gasteiger partial charge in [0.25, 0.3) is 4.92 Å². The molecule has 124 valence electrons. The van der Waals surface area contributed by atoms with Crippen LogP contribution in [0.5, 0.6) is 5.75 Å². The standard InChI is InChI=1S/C19H13ClN2O3/c20-19-10-7-16(22(24)25)11-18(19)14-3-1-13(2-4-14)12-21-15-5-8-17(23)9-6-15/h1-12H,(H-,23,24,25)/p+1/b21-12+. The molecule has 0 aromatic heterocycles. The van der Waals surface area contributed by atoms with Crippen molar-refractivity contribution in [3.63, 3.8) is 0 Å². The minimum absolute atomic E-state index is 0.109. The number of rotatable bonds is 4. The zero-order chi connectivity index (χ0) is 17.8. The van der Waals surface area contributed by atoms with Crippen molar-refractivity contribution in [1.29, 1.82) is 0 Å².